The molecule has 0 bridgehead atoms. The Balaban J connectivity index is 1.57. The Morgan fingerprint density at radius 2 is 1.84 bits per heavy atom. The van der Waals surface area contributed by atoms with Crippen LogP contribution in [-0.2, 0) is 14.3 Å². The highest BCUT2D eigenvalue weighted by Crippen LogP contribution is 2.31. The number of amides is 1. The first kappa shape index (κ1) is 16.8. The van der Waals surface area contributed by atoms with Crippen LogP contribution in [0.5, 0.6) is 11.5 Å². The Kier molecular flexibility index (Phi) is 4.83. The lowest BCUT2D eigenvalue weighted by Crippen LogP contribution is -2.41. The molecule has 0 aromatic heterocycles. The van der Waals surface area contributed by atoms with E-state index in [0.717, 1.165) is 0 Å². The topological polar surface area (TPSA) is 73.9 Å². The van der Waals surface area contributed by atoms with Gasteiger partial charge in [0.15, 0.2) is 17.6 Å². The molecular formula is C18H16FNO5. The molecule has 3 rings (SSSR count). The Bertz CT molecular complexity index is 795. The van der Waals surface area contributed by atoms with E-state index in [1.807, 2.05) is 0 Å². The van der Waals surface area contributed by atoms with Crippen molar-refractivity contribution in [2.24, 2.45) is 0 Å². The van der Waals surface area contributed by atoms with Crippen molar-refractivity contribution >= 4 is 17.6 Å². The molecule has 1 amide bonds. The molecule has 7 heteroatoms. The average molecular weight is 345 g/mol. The number of hydrogen-bond donors (Lipinski definition) is 1. The smallest absolute Gasteiger partial charge is 0.351 e. The predicted octanol–water partition coefficient (Wildman–Crippen LogP) is 2.54. The highest BCUT2D eigenvalue weighted by molar-refractivity contribution is 5.95. The number of ether oxygens (including phenoxy) is 3. The van der Waals surface area contributed by atoms with Crippen LogP contribution in [0.15, 0.2) is 48.5 Å². The quantitative estimate of drug-likeness (QED) is 0.862. The molecule has 2 aromatic rings. The van der Waals surface area contributed by atoms with Crippen molar-refractivity contribution in [1.29, 1.82) is 0 Å². The van der Waals surface area contributed by atoms with Gasteiger partial charge >= 0.3 is 5.97 Å². The molecule has 0 saturated carbocycles. The standard InChI is InChI=1S/C18H16FNO5/c1-11(17(21)20-13-7-3-2-6-12(13)19)24-18(22)16-10-23-14-8-4-5-9-15(14)25-16/h2-9,11,16H,10H2,1H3,(H,20,21)/t11-,16-/m0/s1. The SMILES string of the molecule is C[C@H](OC(=O)[C@@H]1COc2ccccc2O1)C(=O)Nc1ccccc1F. The Morgan fingerprint density at radius 1 is 1.16 bits per heavy atom. The van der Waals surface area contributed by atoms with Crippen LogP contribution in [0.4, 0.5) is 10.1 Å². The summed E-state index contributed by atoms with van der Waals surface area (Å²) < 4.78 is 29.6. The maximum atomic E-state index is 13.5. The third-order valence-electron chi connectivity index (χ3n) is 3.57. The van der Waals surface area contributed by atoms with Crippen molar-refractivity contribution < 1.29 is 28.2 Å². The van der Waals surface area contributed by atoms with E-state index in [1.165, 1.54) is 25.1 Å². The molecule has 2 atom stereocenters. The maximum absolute atomic E-state index is 13.5. The highest BCUT2D eigenvalue weighted by Gasteiger charge is 2.31. The number of rotatable bonds is 4. The lowest BCUT2D eigenvalue weighted by atomic mass is 10.2. The van der Waals surface area contributed by atoms with E-state index in [-0.39, 0.29) is 12.3 Å². The van der Waals surface area contributed by atoms with E-state index < -0.39 is 29.9 Å². The van der Waals surface area contributed by atoms with Crippen molar-refractivity contribution in [2.45, 2.75) is 19.1 Å². The molecule has 1 aliphatic heterocycles. The van der Waals surface area contributed by atoms with E-state index in [0.29, 0.717) is 11.5 Å². The molecule has 1 aliphatic rings. The fourth-order valence-corrected chi connectivity index (χ4v) is 2.24. The van der Waals surface area contributed by atoms with E-state index in [9.17, 15) is 14.0 Å². The first-order valence-electron chi connectivity index (χ1n) is 7.69. The number of esters is 1. The molecule has 0 unspecified atom stereocenters. The fourth-order valence-electron chi connectivity index (χ4n) is 2.24. The number of benzene rings is 2. The van der Waals surface area contributed by atoms with Crippen LogP contribution in [0.3, 0.4) is 0 Å². The van der Waals surface area contributed by atoms with Crippen LogP contribution in [0.1, 0.15) is 6.92 Å². The van der Waals surface area contributed by atoms with Gasteiger partial charge in [0.25, 0.3) is 5.91 Å². The largest absolute Gasteiger partial charge is 0.485 e. The number of nitrogens with one attached hydrogen (secondary N) is 1. The molecule has 130 valence electrons. The van der Waals surface area contributed by atoms with Crippen LogP contribution in [0.2, 0.25) is 0 Å². The summed E-state index contributed by atoms with van der Waals surface area (Å²) in [7, 11) is 0. The van der Waals surface area contributed by atoms with Gasteiger partial charge in [0, 0.05) is 0 Å². The van der Waals surface area contributed by atoms with Gasteiger partial charge in [-0.3, -0.25) is 4.79 Å². The molecule has 2 aromatic carbocycles. The van der Waals surface area contributed by atoms with Crippen molar-refractivity contribution in [3.63, 3.8) is 0 Å². The zero-order valence-electron chi connectivity index (χ0n) is 13.4. The minimum atomic E-state index is -1.12. The number of carbonyl (C=O) groups excluding carboxylic acids is 2. The van der Waals surface area contributed by atoms with Gasteiger partial charge in [0.05, 0.1) is 5.69 Å². The Labute approximate surface area is 143 Å². The summed E-state index contributed by atoms with van der Waals surface area (Å²) in [5.41, 5.74) is 0.0153. The Hall–Kier alpha value is -3.09. The van der Waals surface area contributed by atoms with Gasteiger partial charge in [-0.1, -0.05) is 24.3 Å². The van der Waals surface area contributed by atoms with Crippen LogP contribution >= 0.6 is 0 Å². The second kappa shape index (κ2) is 7.21. The van der Waals surface area contributed by atoms with E-state index in [1.54, 1.807) is 30.3 Å². The zero-order valence-corrected chi connectivity index (χ0v) is 13.4. The van der Waals surface area contributed by atoms with E-state index >= 15 is 0 Å². The summed E-state index contributed by atoms with van der Waals surface area (Å²) in [4.78, 5) is 24.2. The predicted molar refractivity (Wildman–Crippen MR) is 86.9 cm³/mol. The zero-order chi connectivity index (χ0) is 17.8. The van der Waals surface area contributed by atoms with Crippen molar-refractivity contribution in [3.05, 3.63) is 54.3 Å². The normalized spacial score (nSPS) is 16.6. The molecule has 0 radical (unpaired) electrons. The van der Waals surface area contributed by atoms with Gasteiger partial charge in [-0.25, -0.2) is 9.18 Å². The maximum Gasteiger partial charge on any atom is 0.351 e. The van der Waals surface area contributed by atoms with E-state index in [2.05, 4.69) is 5.32 Å². The number of carbonyl (C=O) groups is 2. The molecule has 1 N–H and O–H groups in total. The molecule has 6 nitrogen and oxygen atoms in total. The minimum absolute atomic E-state index is 0.0153. The summed E-state index contributed by atoms with van der Waals surface area (Å²) in [6, 6.07) is 12.7. The molecule has 1 heterocycles. The summed E-state index contributed by atoms with van der Waals surface area (Å²) in [6.45, 7) is 1.38. The van der Waals surface area contributed by atoms with Crippen molar-refractivity contribution in [1.82, 2.24) is 0 Å². The first-order valence-corrected chi connectivity index (χ1v) is 7.69. The van der Waals surface area contributed by atoms with Crippen LogP contribution < -0.4 is 14.8 Å². The van der Waals surface area contributed by atoms with Gasteiger partial charge in [-0.2, -0.15) is 0 Å². The molecular weight excluding hydrogens is 329 g/mol. The summed E-state index contributed by atoms with van der Waals surface area (Å²) in [5, 5.41) is 2.37. The number of halogens is 1. The summed E-state index contributed by atoms with van der Waals surface area (Å²) >= 11 is 0. The molecule has 0 saturated heterocycles. The Morgan fingerprint density at radius 3 is 2.60 bits per heavy atom. The van der Waals surface area contributed by atoms with Gasteiger partial charge < -0.3 is 19.5 Å². The fraction of sp³-hybridized carbons (Fsp3) is 0.222. The van der Waals surface area contributed by atoms with Crippen LogP contribution in [0.25, 0.3) is 0 Å². The lowest BCUT2D eigenvalue weighted by Gasteiger charge is -2.25. The molecule has 0 aliphatic carbocycles. The average Bonchev–Trinajstić information content (AvgIpc) is 2.63. The third kappa shape index (κ3) is 3.88. The number of hydrogen-bond acceptors (Lipinski definition) is 5. The first-order chi connectivity index (χ1) is 12.0. The van der Waals surface area contributed by atoms with Crippen LogP contribution in [0, 0.1) is 5.82 Å². The third-order valence-corrected chi connectivity index (χ3v) is 3.57. The highest BCUT2D eigenvalue weighted by atomic mass is 19.1. The molecule has 25 heavy (non-hydrogen) atoms. The summed E-state index contributed by atoms with van der Waals surface area (Å²) in [6.07, 6.45) is -2.09. The van der Waals surface area contributed by atoms with Gasteiger partial charge in [-0.15, -0.1) is 0 Å². The second-order valence-electron chi connectivity index (χ2n) is 5.41. The van der Waals surface area contributed by atoms with Crippen LogP contribution in [-0.4, -0.2) is 30.7 Å². The molecule has 0 fully saturated rings. The van der Waals surface area contributed by atoms with Crippen molar-refractivity contribution in [3.8, 4) is 11.5 Å². The minimum Gasteiger partial charge on any atom is -0.485 e. The second-order valence-corrected chi connectivity index (χ2v) is 5.41. The lowest BCUT2D eigenvalue weighted by molar-refractivity contribution is -0.162. The van der Waals surface area contributed by atoms with Gasteiger partial charge in [0.2, 0.25) is 6.10 Å². The number of fused-ring (bicyclic) bond motifs is 1. The van der Waals surface area contributed by atoms with E-state index in [4.69, 9.17) is 14.2 Å². The monoisotopic (exact) mass is 345 g/mol. The summed E-state index contributed by atoms with van der Waals surface area (Å²) in [5.74, 6) is -0.979. The number of para-hydroxylation sites is 3. The van der Waals surface area contributed by atoms with Gasteiger partial charge in [0.1, 0.15) is 12.4 Å². The molecule has 0 spiro atoms. The van der Waals surface area contributed by atoms with Crippen molar-refractivity contribution in [2.75, 3.05) is 11.9 Å². The van der Waals surface area contributed by atoms with Gasteiger partial charge in [-0.05, 0) is 31.2 Å². The number of anilines is 1.